The van der Waals surface area contributed by atoms with Crippen LogP contribution in [0.3, 0.4) is 0 Å². The van der Waals surface area contributed by atoms with E-state index in [1.165, 1.54) is 0 Å². The van der Waals surface area contributed by atoms with Gasteiger partial charge in [0.15, 0.2) is 5.78 Å². The maximum Gasteiger partial charge on any atom is 0.162 e. The van der Waals surface area contributed by atoms with Gasteiger partial charge in [0.1, 0.15) is 0 Å². The third-order valence-electron chi connectivity index (χ3n) is 3.55. The van der Waals surface area contributed by atoms with Gasteiger partial charge < -0.3 is 14.7 Å². The number of Topliss-reactive ketones (excluding diaryl/α,β-unsaturated/α-hetero) is 1. The first kappa shape index (κ1) is 14.0. The standard InChI is InChI=1S/C15H21NO3/c1-3-15(18)12-4-6-13(7-5-12)16-8-14(9-17)19-10-11(16)2/h4-7,11,14,17H,3,8-10H2,1-2H3. The number of hydrogen-bond acceptors (Lipinski definition) is 4. The second-order valence-corrected chi connectivity index (χ2v) is 4.96. The zero-order chi connectivity index (χ0) is 13.8. The van der Waals surface area contributed by atoms with Crippen LogP contribution in [-0.2, 0) is 4.74 Å². The lowest BCUT2D eigenvalue weighted by Gasteiger charge is -2.39. The molecule has 1 aliphatic rings. The topological polar surface area (TPSA) is 49.8 Å². The quantitative estimate of drug-likeness (QED) is 0.842. The minimum atomic E-state index is -0.131. The Labute approximate surface area is 114 Å². The molecule has 4 nitrogen and oxygen atoms in total. The summed E-state index contributed by atoms with van der Waals surface area (Å²) in [5.41, 5.74) is 1.83. The number of rotatable bonds is 4. The average molecular weight is 263 g/mol. The van der Waals surface area contributed by atoms with E-state index < -0.39 is 0 Å². The second kappa shape index (κ2) is 6.17. The minimum absolute atomic E-state index is 0.0373. The molecule has 4 heteroatoms. The Morgan fingerprint density at radius 2 is 2.11 bits per heavy atom. The van der Waals surface area contributed by atoms with Gasteiger partial charge in [0.05, 0.1) is 19.3 Å². The van der Waals surface area contributed by atoms with E-state index in [9.17, 15) is 9.90 Å². The van der Waals surface area contributed by atoms with Crippen LogP contribution in [0.5, 0.6) is 0 Å². The van der Waals surface area contributed by atoms with Crippen molar-refractivity contribution in [2.45, 2.75) is 32.4 Å². The number of nitrogens with zero attached hydrogens (tertiary/aromatic N) is 1. The molecule has 2 unspecified atom stereocenters. The van der Waals surface area contributed by atoms with Crippen LogP contribution < -0.4 is 4.90 Å². The fourth-order valence-electron chi connectivity index (χ4n) is 2.33. The average Bonchev–Trinajstić information content (AvgIpc) is 2.47. The van der Waals surface area contributed by atoms with E-state index in [-0.39, 0.29) is 24.5 Å². The van der Waals surface area contributed by atoms with Gasteiger partial charge in [0.25, 0.3) is 0 Å². The summed E-state index contributed by atoms with van der Waals surface area (Å²) in [6.45, 7) is 5.29. The molecule has 1 saturated heterocycles. The van der Waals surface area contributed by atoms with E-state index >= 15 is 0 Å². The number of hydrogen-bond donors (Lipinski definition) is 1. The number of morpholine rings is 1. The van der Waals surface area contributed by atoms with Crippen LogP contribution >= 0.6 is 0 Å². The first-order chi connectivity index (χ1) is 9.15. The molecule has 1 aromatic rings. The molecule has 0 aromatic heterocycles. The van der Waals surface area contributed by atoms with Gasteiger partial charge in [-0.15, -0.1) is 0 Å². The molecule has 2 rings (SSSR count). The molecule has 0 amide bonds. The molecule has 0 radical (unpaired) electrons. The van der Waals surface area contributed by atoms with E-state index in [0.717, 1.165) is 11.3 Å². The molecule has 1 aromatic carbocycles. The second-order valence-electron chi connectivity index (χ2n) is 4.96. The van der Waals surface area contributed by atoms with Gasteiger partial charge in [-0.2, -0.15) is 0 Å². The van der Waals surface area contributed by atoms with Gasteiger partial charge >= 0.3 is 0 Å². The number of benzene rings is 1. The predicted octanol–water partition coefficient (Wildman–Crippen LogP) is 1.87. The van der Waals surface area contributed by atoms with E-state index in [1.807, 2.05) is 31.2 Å². The van der Waals surface area contributed by atoms with Crippen LogP contribution in [0.1, 0.15) is 30.6 Å². The van der Waals surface area contributed by atoms with Crippen molar-refractivity contribution in [3.63, 3.8) is 0 Å². The maximum absolute atomic E-state index is 11.6. The van der Waals surface area contributed by atoms with Gasteiger partial charge in [0, 0.05) is 30.3 Å². The Kier molecular flexibility index (Phi) is 4.56. The van der Waals surface area contributed by atoms with Crippen molar-refractivity contribution in [3.05, 3.63) is 29.8 Å². The Bertz CT molecular complexity index is 430. The molecular weight excluding hydrogens is 242 g/mol. The SMILES string of the molecule is CCC(=O)c1ccc(N2CC(CO)OCC2C)cc1. The monoisotopic (exact) mass is 263 g/mol. The van der Waals surface area contributed by atoms with E-state index in [0.29, 0.717) is 19.6 Å². The van der Waals surface area contributed by atoms with Crippen molar-refractivity contribution in [2.75, 3.05) is 24.7 Å². The maximum atomic E-state index is 11.6. The summed E-state index contributed by atoms with van der Waals surface area (Å²) < 4.78 is 5.52. The number of anilines is 1. The zero-order valence-electron chi connectivity index (χ0n) is 11.5. The molecule has 0 spiro atoms. The number of ether oxygens (including phenoxy) is 1. The predicted molar refractivity (Wildman–Crippen MR) is 74.7 cm³/mol. The van der Waals surface area contributed by atoms with Crippen molar-refractivity contribution in [2.24, 2.45) is 0 Å². The molecule has 0 aliphatic carbocycles. The lowest BCUT2D eigenvalue weighted by molar-refractivity contribution is -0.0103. The van der Waals surface area contributed by atoms with Gasteiger partial charge in [-0.1, -0.05) is 6.92 Å². The van der Waals surface area contributed by atoms with Crippen molar-refractivity contribution in [1.29, 1.82) is 0 Å². The van der Waals surface area contributed by atoms with Crippen molar-refractivity contribution in [1.82, 2.24) is 0 Å². The van der Waals surface area contributed by atoms with Gasteiger partial charge in [-0.05, 0) is 31.2 Å². The van der Waals surface area contributed by atoms with E-state index in [2.05, 4.69) is 11.8 Å². The van der Waals surface area contributed by atoms with E-state index in [4.69, 9.17) is 4.74 Å². The third kappa shape index (κ3) is 3.14. The molecule has 1 fully saturated rings. The van der Waals surface area contributed by atoms with Crippen LogP contribution in [-0.4, -0.2) is 42.8 Å². The fourth-order valence-corrected chi connectivity index (χ4v) is 2.33. The highest BCUT2D eigenvalue weighted by molar-refractivity contribution is 5.96. The van der Waals surface area contributed by atoms with Crippen LogP contribution in [0.25, 0.3) is 0 Å². The van der Waals surface area contributed by atoms with Gasteiger partial charge in [-0.3, -0.25) is 4.79 Å². The van der Waals surface area contributed by atoms with Crippen LogP contribution in [0, 0.1) is 0 Å². The first-order valence-corrected chi connectivity index (χ1v) is 6.78. The summed E-state index contributed by atoms with van der Waals surface area (Å²) in [4.78, 5) is 13.8. The van der Waals surface area contributed by atoms with E-state index in [1.54, 1.807) is 0 Å². The normalized spacial score (nSPS) is 23.4. The molecule has 1 heterocycles. The molecular formula is C15H21NO3. The summed E-state index contributed by atoms with van der Waals surface area (Å²) >= 11 is 0. The van der Waals surface area contributed by atoms with Crippen LogP contribution in [0.15, 0.2) is 24.3 Å². The highest BCUT2D eigenvalue weighted by Gasteiger charge is 2.25. The van der Waals surface area contributed by atoms with Gasteiger partial charge in [-0.25, -0.2) is 0 Å². The molecule has 19 heavy (non-hydrogen) atoms. The molecule has 1 N–H and O–H groups in total. The number of aliphatic hydroxyl groups is 1. The summed E-state index contributed by atoms with van der Waals surface area (Å²) in [6, 6.07) is 7.96. The fraction of sp³-hybridized carbons (Fsp3) is 0.533. The zero-order valence-corrected chi connectivity index (χ0v) is 11.5. The Balaban J connectivity index is 2.14. The minimum Gasteiger partial charge on any atom is -0.394 e. The largest absolute Gasteiger partial charge is 0.394 e. The Morgan fingerprint density at radius 1 is 1.42 bits per heavy atom. The van der Waals surface area contributed by atoms with Gasteiger partial charge in [0.2, 0.25) is 0 Å². The lowest BCUT2D eigenvalue weighted by atomic mass is 10.1. The van der Waals surface area contributed by atoms with Crippen LogP contribution in [0.4, 0.5) is 5.69 Å². The summed E-state index contributed by atoms with van der Waals surface area (Å²) in [6.07, 6.45) is 0.396. The summed E-state index contributed by atoms with van der Waals surface area (Å²) in [7, 11) is 0. The molecule has 104 valence electrons. The summed E-state index contributed by atoms with van der Waals surface area (Å²) in [5, 5.41) is 9.19. The highest BCUT2D eigenvalue weighted by Crippen LogP contribution is 2.22. The smallest absolute Gasteiger partial charge is 0.162 e. The lowest BCUT2D eigenvalue weighted by Crippen LogP contribution is -2.49. The molecule has 1 aliphatic heterocycles. The Morgan fingerprint density at radius 3 is 2.68 bits per heavy atom. The summed E-state index contributed by atoms with van der Waals surface area (Å²) in [5.74, 6) is 0.162. The highest BCUT2D eigenvalue weighted by atomic mass is 16.5. The Hall–Kier alpha value is -1.39. The van der Waals surface area contributed by atoms with Crippen molar-refractivity contribution < 1.29 is 14.6 Å². The first-order valence-electron chi connectivity index (χ1n) is 6.78. The number of aliphatic hydroxyl groups excluding tert-OH is 1. The molecule has 0 bridgehead atoms. The van der Waals surface area contributed by atoms with Crippen molar-refractivity contribution in [3.8, 4) is 0 Å². The number of ketones is 1. The van der Waals surface area contributed by atoms with Crippen molar-refractivity contribution >= 4 is 11.5 Å². The third-order valence-corrected chi connectivity index (χ3v) is 3.55. The molecule has 2 atom stereocenters. The molecule has 0 saturated carbocycles. The number of carbonyl (C=O) groups excluding carboxylic acids is 1. The number of carbonyl (C=O) groups is 1. The van der Waals surface area contributed by atoms with Crippen LogP contribution in [0.2, 0.25) is 0 Å².